The van der Waals surface area contributed by atoms with Crippen LogP contribution in [0.15, 0.2) is 22.7 Å². The largest absolute Gasteiger partial charge is 0.311 e. The Morgan fingerprint density at radius 3 is 2.80 bits per heavy atom. The lowest BCUT2D eigenvalue weighted by Gasteiger charge is -2.27. The highest BCUT2D eigenvalue weighted by Gasteiger charge is 2.21. The van der Waals surface area contributed by atoms with E-state index in [1.54, 1.807) is 0 Å². The number of halogens is 2. The molecule has 1 heterocycles. The number of carbonyl (C=O) groups is 1. The molecule has 80 valence electrons. The third-order valence-electron chi connectivity index (χ3n) is 2.52. The number of carbonyl (C=O) groups excluding carboxylic acids is 1. The van der Waals surface area contributed by atoms with E-state index in [0.29, 0.717) is 11.4 Å². The van der Waals surface area contributed by atoms with Gasteiger partial charge in [0, 0.05) is 22.5 Å². The standard InChI is InChI=1S/C11H11BrClNO/c12-9-7-8(13)4-5-10(9)14-6-2-1-3-11(14)15/h4-5,7H,1-3,6H2. The van der Waals surface area contributed by atoms with Crippen LogP contribution >= 0.6 is 27.5 Å². The van der Waals surface area contributed by atoms with Crippen LogP contribution in [0.25, 0.3) is 0 Å². The molecule has 4 heteroatoms. The van der Waals surface area contributed by atoms with Gasteiger partial charge in [0.1, 0.15) is 0 Å². The fourth-order valence-corrected chi connectivity index (χ4v) is 2.66. The van der Waals surface area contributed by atoms with Crippen molar-refractivity contribution in [1.29, 1.82) is 0 Å². The summed E-state index contributed by atoms with van der Waals surface area (Å²) in [6, 6.07) is 5.51. The van der Waals surface area contributed by atoms with E-state index in [-0.39, 0.29) is 5.91 Å². The molecular weight excluding hydrogens is 277 g/mol. The summed E-state index contributed by atoms with van der Waals surface area (Å²) in [5.41, 5.74) is 0.920. The predicted molar refractivity (Wildman–Crippen MR) is 65.4 cm³/mol. The van der Waals surface area contributed by atoms with Crippen LogP contribution in [0, 0.1) is 0 Å². The van der Waals surface area contributed by atoms with Crippen LogP contribution in [-0.4, -0.2) is 12.5 Å². The molecule has 0 bridgehead atoms. The Kier molecular flexibility index (Phi) is 3.32. The SMILES string of the molecule is O=C1CCCCN1c1ccc(Cl)cc1Br. The minimum atomic E-state index is 0.198. The Hall–Kier alpha value is -0.540. The molecule has 1 fully saturated rings. The van der Waals surface area contributed by atoms with Crippen molar-refractivity contribution >= 4 is 39.1 Å². The monoisotopic (exact) mass is 287 g/mol. The van der Waals surface area contributed by atoms with Crippen molar-refractivity contribution in [3.8, 4) is 0 Å². The van der Waals surface area contributed by atoms with Crippen LogP contribution in [0.1, 0.15) is 19.3 Å². The van der Waals surface area contributed by atoms with Crippen molar-refractivity contribution in [3.05, 3.63) is 27.7 Å². The molecule has 0 aliphatic carbocycles. The van der Waals surface area contributed by atoms with Crippen LogP contribution < -0.4 is 4.90 Å². The van der Waals surface area contributed by atoms with Gasteiger partial charge in [0.15, 0.2) is 0 Å². The van der Waals surface area contributed by atoms with E-state index in [1.807, 2.05) is 23.1 Å². The second-order valence-electron chi connectivity index (χ2n) is 3.60. The maximum absolute atomic E-state index is 11.7. The van der Waals surface area contributed by atoms with E-state index in [9.17, 15) is 4.79 Å². The fourth-order valence-electron chi connectivity index (χ4n) is 1.76. The third-order valence-corrected chi connectivity index (χ3v) is 3.39. The molecule has 1 saturated heterocycles. The highest BCUT2D eigenvalue weighted by atomic mass is 79.9. The van der Waals surface area contributed by atoms with Crippen LogP contribution in [0.2, 0.25) is 5.02 Å². The van der Waals surface area contributed by atoms with Crippen LogP contribution in [-0.2, 0) is 4.79 Å². The number of rotatable bonds is 1. The average molecular weight is 289 g/mol. The van der Waals surface area contributed by atoms with Gasteiger partial charge in [-0.2, -0.15) is 0 Å². The molecule has 1 aromatic carbocycles. The second kappa shape index (κ2) is 4.54. The Morgan fingerprint density at radius 1 is 1.33 bits per heavy atom. The Balaban J connectivity index is 2.31. The predicted octanol–water partition coefficient (Wildman–Crippen LogP) is 3.62. The van der Waals surface area contributed by atoms with Gasteiger partial charge < -0.3 is 4.90 Å². The molecule has 1 aliphatic heterocycles. The van der Waals surface area contributed by atoms with Gasteiger partial charge >= 0.3 is 0 Å². The van der Waals surface area contributed by atoms with Crippen molar-refractivity contribution in [1.82, 2.24) is 0 Å². The van der Waals surface area contributed by atoms with Gasteiger partial charge in [0.2, 0.25) is 5.91 Å². The highest BCUT2D eigenvalue weighted by molar-refractivity contribution is 9.10. The summed E-state index contributed by atoms with van der Waals surface area (Å²) in [5, 5.41) is 0.676. The average Bonchev–Trinajstić information content (AvgIpc) is 2.20. The molecule has 0 aromatic heterocycles. The minimum absolute atomic E-state index is 0.198. The zero-order chi connectivity index (χ0) is 10.8. The Bertz CT molecular complexity index is 394. The van der Waals surface area contributed by atoms with Crippen molar-refractivity contribution in [3.63, 3.8) is 0 Å². The quantitative estimate of drug-likeness (QED) is 0.773. The highest BCUT2D eigenvalue weighted by Crippen LogP contribution is 2.31. The molecule has 0 spiro atoms. The Morgan fingerprint density at radius 2 is 2.13 bits per heavy atom. The van der Waals surface area contributed by atoms with Crippen LogP contribution in [0.4, 0.5) is 5.69 Å². The lowest BCUT2D eigenvalue weighted by atomic mass is 10.1. The number of benzene rings is 1. The first-order chi connectivity index (χ1) is 7.18. The van der Waals surface area contributed by atoms with Crippen molar-refractivity contribution in [2.24, 2.45) is 0 Å². The Labute approximate surface area is 102 Å². The molecule has 15 heavy (non-hydrogen) atoms. The summed E-state index contributed by atoms with van der Waals surface area (Å²) in [7, 11) is 0. The first kappa shape index (κ1) is 11.0. The normalized spacial score (nSPS) is 16.9. The molecule has 0 unspecified atom stereocenters. The maximum atomic E-state index is 11.7. The first-order valence-electron chi connectivity index (χ1n) is 4.94. The number of hydrogen-bond acceptors (Lipinski definition) is 1. The summed E-state index contributed by atoms with van der Waals surface area (Å²) < 4.78 is 0.880. The number of anilines is 1. The van der Waals surface area contributed by atoms with Gasteiger partial charge in [-0.05, 0) is 47.0 Å². The number of hydrogen-bond donors (Lipinski definition) is 0. The number of piperidine rings is 1. The van der Waals surface area contributed by atoms with Crippen LogP contribution in [0.5, 0.6) is 0 Å². The van der Waals surface area contributed by atoms with E-state index in [4.69, 9.17) is 11.6 Å². The smallest absolute Gasteiger partial charge is 0.227 e. The van der Waals surface area contributed by atoms with Crippen molar-refractivity contribution < 1.29 is 4.79 Å². The van der Waals surface area contributed by atoms with E-state index in [0.717, 1.165) is 29.5 Å². The third kappa shape index (κ3) is 2.34. The van der Waals surface area contributed by atoms with E-state index >= 15 is 0 Å². The summed E-state index contributed by atoms with van der Waals surface area (Å²) >= 11 is 9.29. The van der Waals surface area contributed by atoms with Gasteiger partial charge in [-0.15, -0.1) is 0 Å². The molecule has 1 aliphatic rings. The zero-order valence-electron chi connectivity index (χ0n) is 8.17. The minimum Gasteiger partial charge on any atom is -0.311 e. The molecule has 1 amide bonds. The summed E-state index contributed by atoms with van der Waals surface area (Å²) in [5.74, 6) is 0.198. The van der Waals surface area contributed by atoms with E-state index in [1.165, 1.54) is 0 Å². The molecule has 0 saturated carbocycles. The van der Waals surface area contributed by atoms with Crippen molar-refractivity contribution in [2.75, 3.05) is 11.4 Å². The summed E-state index contributed by atoms with van der Waals surface area (Å²) in [4.78, 5) is 13.5. The molecule has 2 nitrogen and oxygen atoms in total. The van der Waals surface area contributed by atoms with Gasteiger partial charge in [-0.1, -0.05) is 11.6 Å². The number of amides is 1. The summed E-state index contributed by atoms with van der Waals surface area (Å²) in [6.07, 6.45) is 2.72. The summed E-state index contributed by atoms with van der Waals surface area (Å²) in [6.45, 7) is 0.805. The first-order valence-corrected chi connectivity index (χ1v) is 6.11. The molecule has 1 aromatic rings. The van der Waals surface area contributed by atoms with Gasteiger partial charge in [0.05, 0.1) is 5.69 Å². The molecule has 0 radical (unpaired) electrons. The van der Waals surface area contributed by atoms with Crippen molar-refractivity contribution in [2.45, 2.75) is 19.3 Å². The maximum Gasteiger partial charge on any atom is 0.227 e. The van der Waals surface area contributed by atoms with Gasteiger partial charge in [-0.25, -0.2) is 0 Å². The van der Waals surface area contributed by atoms with E-state index in [2.05, 4.69) is 15.9 Å². The van der Waals surface area contributed by atoms with Gasteiger partial charge in [0.25, 0.3) is 0 Å². The molecule has 2 rings (SSSR count). The molecule has 0 N–H and O–H groups in total. The topological polar surface area (TPSA) is 20.3 Å². The fraction of sp³-hybridized carbons (Fsp3) is 0.364. The lowest BCUT2D eigenvalue weighted by Crippen LogP contribution is -2.35. The molecular formula is C11H11BrClNO. The zero-order valence-corrected chi connectivity index (χ0v) is 10.5. The lowest BCUT2D eigenvalue weighted by molar-refractivity contribution is -0.119. The van der Waals surface area contributed by atoms with Crippen LogP contribution in [0.3, 0.4) is 0 Å². The number of nitrogens with zero attached hydrogens (tertiary/aromatic N) is 1. The van der Waals surface area contributed by atoms with Gasteiger partial charge in [-0.3, -0.25) is 4.79 Å². The van der Waals surface area contributed by atoms with E-state index < -0.39 is 0 Å². The second-order valence-corrected chi connectivity index (χ2v) is 4.89. The molecule has 0 atom stereocenters.